The summed E-state index contributed by atoms with van der Waals surface area (Å²) in [7, 11) is 1.69. The van der Waals surface area contributed by atoms with E-state index in [2.05, 4.69) is 0 Å². The lowest BCUT2D eigenvalue weighted by Gasteiger charge is -2.21. The predicted octanol–water partition coefficient (Wildman–Crippen LogP) is 1.44. The van der Waals surface area contributed by atoms with Crippen LogP contribution in [0.4, 0.5) is 5.69 Å². The molecule has 0 aliphatic heterocycles. The molecule has 0 saturated carbocycles. The number of aromatic hydroxyl groups is 1. The Morgan fingerprint density at radius 1 is 1.47 bits per heavy atom. The third-order valence-corrected chi connectivity index (χ3v) is 3.16. The van der Waals surface area contributed by atoms with Crippen LogP contribution in [-0.4, -0.2) is 36.1 Å². The molecule has 17 heavy (non-hydrogen) atoms. The summed E-state index contributed by atoms with van der Waals surface area (Å²) in [6.07, 6.45) is 2.66. The lowest BCUT2D eigenvalue weighted by molar-refractivity contribution is -0.119. The zero-order valence-electron chi connectivity index (χ0n) is 10.1. The molecule has 4 nitrogen and oxygen atoms in total. The van der Waals surface area contributed by atoms with Crippen LogP contribution in [0, 0.1) is 0 Å². The van der Waals surface area contributed by atoms with Crippen LogP contribution in [0.5, 0.6) is 5.75 Å². The quantitative estimate of drug-likeness (QED) is 0.834. The number of phenolic OH excluding ortho intramolecular Hbond substituents is 1. The minimum atomic E-state index is -0.471. The maximum atomic E-state index is 12.0. The highest BCUT2D eigenvalue weighted by Crippen LogP contribution is 2.18. The van der Waals surface area contributed by atoms with E-state index in [9.17, 15) is 9.90 Å². The van der Waals surface area contributed by atoms with Crippen LogP contribution in [0.1, 0.15) is 6.42 Å². The van der Waals surface area contributed by atoms with Crippen molar-refractivity contribution in [1.82, 2.24) is 0 Å². The van der Waals surface area contributed by atoms with Crippen LogP contribution in [-0.2, 0) is 4.79 Å². The van der Waals surface area contributed by atoms with Crippen LogP contribution in [0.25, 0.3) is 0 Å². The maximum Gasteiger partial charge on any atom is 0.243 e. The normalized spacial score (nSPS) is 12.2. The number of nitrogens with zero attached hydrogens (tertiary/aromatic N) is 1. The van der Waals surface area contributed by atoms with Crippen molar-refractivity contribution in [2.24, 2.45) is 5.73 Å². The molecule has 0 saturated heterocycles. The van der Waals surface area contributed by atoms with Gasteiger partial charge >= 0.3 is 0 Å². The van der Waals surface area contributed by atoms with Crippen molar-refractivity contribution in [2.45, 2.75) is 12.5 Å². The number of hydrogen-bond acceptors (Lipinski definition) is 4. The Morgan fingerprint density at radius 2 is 2.06 bits per heavy atom. The minimum absolute atomic E-state index is 0.107. The van der Waals surface area contributed by atoms with Gasteiger partial charge in [0, 0.05) is 12.7 Å². The number of likely N-dealkylation sites (N-methyl/N-ethyl adjacent to an activating group) is 1. The van der Waals surface area contributed by atoms with Gasteiger partial charge in [0.15, 0.2) is 0 Å². The molecule has 0 radical (unpaired) electrons. The number of nitrogens with two attached hydrogens (primary N) is 1. The van der Waals surface area contributed by atoms with Crippen molar-refractivity contribution in [3.05, 3.63) is 24.3 Å². The van der Waals surface area contributed by atoms with Gasteiger partial charge in [-0.25, -0.2) is 0 Å². The van der Waals surface area contributed by atoms with E-state index in [4.69, 9.17) is 5.73 Å². The first-order valence-corrected chi connectivity index (χ1v) is 6.76. The zero-order chi connectivity index (χ0) is 12.8. The summed E-state index contributed by atoms with van der Waals surface area (Å²) in [6, 6.07) is 6.00. The standard InChI is InChI=1S/C12H18N2O2S/c1-14(9-3-5-10(15)6-4-9)12(16)11(13)7-8-17-2/h3-6,11,15H,7-8,13H2,1-2H3/t11-/m0/s1. The molecule has 0 heterocycles. The maximum absolute atomic E-state index is 12.0. The van der Waals surface area contributed by atoms with Crippen LogP contribution >= 0.6 is 11.8 Å². The first-order valence-electron chi connectivity index (χ1n) is 5.37. The zero-order valence-corrected chi connectivity index (χ0v) is 10.9. The molecular formula is C12H18N2O2S. The third kappa shape index (κ3) is 3.94. The Bertz CT molecular complexity index is 367. The summed E-state index contributed by atoms with van der Waals surface area (Å²) in [5, 5.41) is 9.17. The molecule has 0 unspecified atom stereocenters. The summed E-state index contributed by atoms with van der Waals surface area (Å²) >= 11 is 1.67. The van der Waals surface area contributed by atoms with E-state index in [0.29, 0.717) is 6.42 Å². The first kappa shape index (κ1) is 13.9. The number of hydrogen-bond donors (Lipinski definition) is 2. The van der Waals surface area contributed by atoms with Crippen molar-refractivity contribution >= 4 is 23.4 Å². The van der Waals surface area contributed by atoms with E-state index in [1.165, 1.54) is 4.90 Å². The fourth-order valence-electron chi connectivity index (χ4n) is 1.42. The molecule has 94 valence electrons. The predicted molar refractivity (Wildman–Crippen MR) is 72.5 cm³/mol. The highest BCUT2D eigenvalue weighted by molar-refractivity contribution is 7.98. The van der Waals surface area contributed by atoms with E-state index in [0.717, 1.165) is 11.4 Å². The van der Waals surface area contributed by atoms with Gasteiger partial charge in [0.25, 0.3) is 0 Å². The van der Waals surface area contributed by atoms with E-state index in [-0.39, 0.29) is 11.7 Å². The number of phenols is 1. The molecule has 1 rings (SSSR count). The van der Waals surface area contributed by atoms with Crippen LogP contribution in [0.3, 0.4) is 0 Å². The number of amides is 1. The van der Waals surface area contributed by atoms with Gasteiger partial charge in [-0.1, -0.05) is 0 Å². The van der Waals surface area contributed by atoms with Crippen LogP contribution < -0.4 is 10.6 Å². The third-order valence-electron chi connectivity index (χ3n) is 2.52. The molecule has 3 N–H and O–H groups in total. The van der Waals surface area contributed by atoms with Gasteiger partial charge in [0.1, 0.15) is 5.75 Å². The molecule has 0 aliphatic rings. The molecule has 1 aromatic rings. The van der Waals surface area contributed by atoms with Gasteiger partial charge < -0.3 is 15.7 Å². The minimum Gasteiger partial charge on any atom is -0.508 e. The molecule has 0 fully saturated rings. The van der Waals surface area contributed by atoms with Crippen molar-refractivity contribution in [3.8, 4) is 5.75 Å². The Hall–Kier alpha value is -1.20. The van der Waals surface area contributed by atoms with Gasteiger partial charge in [-0.15, -0.1) is 0 Å². The second-order valence-electron chi connectivity index (χ2n) is 3.80. The molecule has 1 aromatic carbocycles. The second-order valence-corrected chi connectivity index (χ2v) is 4.79. The molecule has 1 amide bonds. The summed E-state index contributed by atoms with van der Waals surface area (Å²) in [6.45, 7) is 0. The van der Waals surface area contributed by atoms with Gasteiger partial charge in [-0.3, -0.25) is 4.79 Å². The topological polar surface area (TPSA) is 66.6 Å². The molecule has 5 heteroatoms. The number of carbonyl (C=O) groups is 1. The van der Waals surface area contributed by atoms with Gasteiger partial charge in [-0.2, -0.15) is 11.8 Å². The Kier molecular flexibility index (Phi) is 5.31. The summed E-state index contributed by atoms with van der Waals surface area (Å²) in [5.41, 5.74) is 6.55. The molecular weight excluding hydrogens is 236 g/mol. The largest absolute Gasteiger partial charge is 0.508 e. The summed E-state index contributed by atoms with van der Waals surface area (Å²) in [5.74, 6) is 0.946. The van der Waals surface area contributed by atoms with Crippen molar-refractivity contribution in [3.63, 3.8) is 0 Å². The summed E-state index contributed by atoms with van der Waals surface area (Å²) in [4.78, 5) is 13.5. The monoisotopic (exact) mass is 254 g/mol. The van der Waals surface area contributed by atoms with Crippen LogP contribution in [0.15, 0.2) is 24.3 Å². The smallest absolute Gasteiger partial charge is 0.243 e. The van der Waals surface area contributed by atoms with Crippen molar-refractivity contribution in [1.29, 1.82) is 0 Å². The molecule has 1 atom stereocenters. The van der Waals surface area contributed by atoms with E-state index in [1.807, 2.05) is 6.26 Å². The SMILES string of the molecule is CSCC[C@H](N)C(=O)N(C)c1ccc(O)cc1. The Morgan fingerprint density at radius 3 is 2.59 bits per heavy atom. The van der Waals surface area contributed by atoms with Crippen LogP contribution in [0.2, 0.25) is 0 Å². The fourth-order valence-corrected chi connectivity index (χ4v) is 1.91. The molecule has 0 aliphatic carbocycles. The second kappa shape index (κ2) is 6.51. The lowest BCUT2D eigenvalue weighted by Crippen LogP contribution is -2.42. The molecule has 0 spiro atoms. The lowest BCUT2D eigenvalue weighted by atomic mass is 10.2. The Labute approximate surface area is 106 Å². The number of anilines is 1. The number of rotatable bonds is 5. The Balaban J connectivity index is 2.65. The number of carbonyl (C=O) groups excluding carboxylic acids is 1. The first-order chi connectivity index (χ1) is 8.06. The number of thioether (sulfide) groups is 1. The van der Waals surface area contributed by atoms with Gasteiger partial charge in [-0.05, 0) is 42.7 Å². The number of benzene rings is 1. The van der Waals surface area contributed by atoms with E-state index in [1.54, 1.807) is 43.1 Å². The average molecular weight is 254 g/mol. The molecule has 0 bridgehead atoms. The highest BCUT2D eigenvalue weighted by atomic mass is 32.2. The molecule has 0 aromatic heterocycles. The highest BCUT2D eigenvalue weighted by Gasteiger charge is 2.18. The van der Waals surface area contributed by atoms with Gasteiger partial charge in [0.2, 0.25) is 5.91 Å². The van der Waals surface area contributed by atoms with E-state index >= 15 is 0 Å². The van der Waals surface area contributed by atoms with E-state index < -0.39 is 6.04 Å². The van der Waals surface area contributed by atoms with Gasteiger partial charge in [0.05, 0.1) is 6.04 Å². The fraction of sp³-hybridized carbons (Fsp3) is 0.417. The summed E-state index contributed by atoms with van der Waals surface area (Å²) < 4.78 is 0. The average Bonchev–Trinajstić information content (AvgIpc) is 2.35. The van der Waals surface area contributed by atoms with Crippen molar-refractivity contribution < 1.29 is 9.90 Å². The van der Waals surface area contributed by atoms with Crippen molar-refractivity contribution in [2.75, 3.05) is 24.0 Å².